The van der Waals surface area contributed by atoms with Crippen molar-refractivity contribution in [1.82, 2.24) is 0 Å². The topological polar surface area (TPSA) is 0 Å². The number of aryl methyl sites for hydroxylation is 2. The van der Waals surface area contributed by atoms with Crippen LogP contribution in [0.25, 0.3) is 0 Å². The summed E-state index contributed by atoms with van der Waals surface area (Å²) in [5, 5.41) is 8.09. The Kier molecular flexibility index (Phi) is 9.89. The number of rotatable bonds is 9. The van der Waals surface area contributed by atoms with Gasteiger partial charge in [-0.15, -0.1) is 0 Å². The molecule has 0 nitrogen and oxygen atoms in total. The molecule has 0 bridgehead atoms. The van der Waals surface area contributed by atoms with Crippen molar-refractivity contribution in [2.24, 2.45) is 0 Å². The van der Waals surface area contributed by atoms with E-state index < -0.39 is 22.4 Å². The molecular formula is C34H53P3. The van der Waals surface area contributed by atoms with Crippen LogP contribution in [0.5, 0.6) is 0 Å². The summed E-state index contributed by atoms with van der Waals surface area (Å²) in [5.74, 6) is 0. The van der Waals surface area contributed by atoms with Crippen molar-refractivity contribution in [3.8, 4) is 0 Å². The van der Waals surface area contributed by atoms with E-state index in [1.165, 1.54) is 16.4 Å². The first-order valence-corrected chi connectivity index (χ1v) is 21.0. The summed E-state index contributed by atoms with van der Waals surface area (Å²) in [4.78, 5) is 0. The number of benzene rings is 3. The molecule has 3 heteroatoms. The zero-order valence-electron chi connectivity index (χ0n) is 25.6. The van der Waals surface area contributed by atoms with Crippen LogP contribution in [0.2, 0.25) is 0 Å². The van der Waals surface area contributed by atoms with Crippen LogP contribution in [0, 0.1) is 13.8 Å². The van der Waals surface area contributed by atoms with Crippen molar-refractivity contribution < 1.29 is 0 Å². The van der Waals surface area contributed by atoms with E-state index in [0.29, 0.717) is 22.6 Å². The first kappa shape index (κ1) is 30.5. The van der Waals surface area contributed by atoms with Crippen molar-refractivity contribution >= 4 is 49.0 Å². The maximum absolute atomic E-state index is 2.65. The predicted molar refractivity (Wildman–Crippen MR) is 183 cm³/mol. The molecule has 0 N–H and O–H groups in total. The van der Waals surface area contributed by atoms with Gasteiger partial charge in [-0.25, -0.2) is 0 Å². The van der Waals surface area contributed by atoms with Gasteiger partial charge in [0, 0.05) is 0 Å². The Morgan fingerprint density at radius 2 is 0.865 bits per heavy atom. The molecule has 0 aliphatic carbocycles. The second-order valence-electron chi connectivity index (χ2n) is 12.9. The average molecular weight is 555 g/mol. The Labute approximate surface area is 231 Å². The predicted octanol–water partition coefficient (Wildman–Crippen LogP) is 7.71. The van der Waals surface area contributed by atoms with Crippen LogP contribution in [0.15, 0.2) is 66.7 Å². The van der Waals surface area contributed by atoms with E-state index in [4.69, 9.17) is 0 Å². The first-order valence-electron chi connectivity index (χ1n) is 14.3. The zero-order valence-corrected chi connectivity index (χ0v) is 28.5. The Morgan fingerprint density at radius 3 is 1.19 bits per heavy atom. The van der Waals surface area contributed by atoms with E-state index in [9.17, 15) is 0 Å². The summed E-state index contributed by atoms with van der Waals surface area (Å²) in [6.45, 7) is 29.6. The Hall–Kier alpha value is -1.05. The molecule has 3 aromatic rings. The standard InChI is InChI=1S/C34H53P3/c1-24(2)36(11,25(3)4)33-20-18-28(9)22-31(33)35(30-16-14-13-15-17-30)32-23-29(10)19-21-34(32)37(12,26(5)6)27(7)8/h13-27,36-37H,1-12H3. The van der Waals surface area contributed by atoms with Crippen LogP contribution in [-0.4, -0.2) is 36.0 Å². The van der Waals surface area contributed by atoms with Gasteiger partial charge < -0.3 is 0 Å². The second kappa shape index (κ2) is 12.0. The fourth-order valence-electron chi connectivity index (χ4n) is 6.13. The molecule has 0 saturated heterocycles. The van der Waals surface area contributed by atoms with Gasteiger partial charge in [0.15, 0.2) is 0 Å². The molecule has 204 valence electrons. The Morgan fingerprint density at radius 1 is 0.514 bits per heavy atom. The molecule has 0 aliphatic heterocycles. The van der Waals surface area contributed by atoms with E-state index in [1.807, 2.05) is 0 Å². The van der Waals surface area contributed by atoms with E-state index in [2.05, 4.69) is 149 Å². The van der Waals surface area contributed by atoms with E-state index >= 15 is 0 Å². The van der Waals surface area contributed by atoms with E-state index in [1.54, 1.807) is 21.2 Å². The molecule has 3 rings (SSSR count). The van der Waals surface area contributed by atoms with Crippen LogP contribution in [0.1, 0.15) is 66.5 Å². The molecule has 37 heavy (non-hydrogen) atoms. The average Bonchev–Trinajstić information content (AvgIpc) is 2.83. The molecule has 0 spiro atoms. The molecule has 0 aliphatic rings. The summed E-state index contributed by atoms with van der Waals surface area (Å²) in [7, 11) is -4.22. The molecule has 0 saturated carbocycles. The number of hydrogen-bond donors (Lipinski definition) is 0. The van der Waals surface area contributed by atoms with Crippen LogP contribution < -0.4 is 26.5 Å². The van der Waals surface area contributed by atoms with Crippen molar-refractivity contribution in [1.29, 1.82) is 0 Å². The van der Waals surface area contributed by atoms with E-state index in [-0.39, 0.29) is 0 Å². The molecule has 0 unspecified atom stereocenters. The molecule has 0 radical (unpaired) electrons. The van der Waals surface area contributed by atoms with Crippen LogP contribution in [0.4, 0.5) is 0 Å². The normalized spacial score (nSPS) is 14.6. The third-order valence-electron chi connectivity index (χ3n) is 9.76. The van der Waals surface area contributed by atoms with Gasteiger partial charge in [-0.05, 0) is 0 Å². The molecule has 3 aromatic carbocycles. The number of hydrogen-bond acceptors (Lipinski definition) is 0. The first-order chi connectivity index (χ1) is 17.3. The fraction of sp³-hybridized carbons (Fsp3) is 0.471. The summed E-state index contributed by atoms with van der Waals surface area (Å²) in [6.07, 6.45) is 0. The van der Waals surface area contributed by atoms with Crippen molar-refractivity contribution in [2.45, 2.75) is 91.9 Å². The van der Waals surface area contributed by atoms with Gasteiger partial charge in [0.25, 0.3) is 0 Å². The van der Waals surface area contributed by atoms with Gasteiger partial charge in [0.2, 0.25) is 0 Å². The van der Waals surface area contributed by atoms with Crippen LogP contribution in [0.3, 0.4) is 0 Å². The summed E-state index contributed by atoms with van der Waals surface area (Å²) in [6, 6.07) is 26.4. The summed E-state index contributed by atoms with van der Waals surface area (Å²) < 4.78 is 0. The molecule has 0 heterocycles. The molecule has 0 aromatic heterocycles. The summed E-state index contributed by atoms with van der Waals surface area (Å²) in [5.41, 5.74) is 5.50. The van der Waals surface area contributed by atoms with Gasteiger partial charge in [0.1, 0.15) is 0 Å². The molecule has 0 amide bonds. The third kappa shape index (κ3) is 5.79. The van der Waals surface area contributed by atoms with Crippen molar-refractivity contribution in [3.05, 3.63) is 77.9 Å². The Bertz CT molecular complexity index is 1100. The van der Waals surface area contributed by atoms with Crippen molar-refractivity contribution in [3.63, 3.8) is 0 Å². The second-order valence-corrected chi connectivity index (χ2v) is 25.9. The summed E-state index contributed by atoms with van der Waals surface area (Å²) >= 11 is 0. The quantitative estimate of drug-likeness (QED) is 0.238. The van der Waals surface area contributed by atoms with Crippen LogP contribution in [-0.2, 0) is 0 Å². The van der Waals surface area contributed by atoms with Gasteiger partial charge in [-0.2, -0.15) is 0 Å². The molecule has 0 atom stereocenters. The Balaban J connectivity index is 2.50. The van der Waals surface area contributed by atoms with E-state index in [0.717, 1.165) is 0 Å². The molecular weight excluding hydrogens is 501 g/mol. The molecule has 0 fully saturated rings. The maximum atomic E-state index is 2.65. The fourth-order valence-corrected chi connectivity index (χ4v) is 18.1. The van der Waals surface area contributed by atoms with Crippen molar-refractivity contribution in [2.75, 3.05) is 13.3 Å². The van der Waals surface area contributed by atoms with Gasteiger partial charge in [0.05, 0.1) is 0 Å². The van der Waals surface area contributed by atoms with Gasteiger partial charge >= 0.3 is 232 Å². The minimum atomic E-state index is -1.77. The third-order valence-corrected chi connectivity index (χ3v) is 25.5. The minimum absolute atomic E-state index is 0.678. The zero-order chi connectivity index (χ0) is 27.7. The van der Waals surface area contributed by atoms with Gasteiger partial charge in [-0.3, -0.25) is 0 Å². The van der Waals surface area contributed by atoms with Gasteiger partial charge in [-0.1, -0.05) is 0 Å². The SMILES string of the molecule is Cc1ccc([PH](C)(C(C)C)C(C)C)c(P(c2ccccc2)c2cc(C)ccc2[PH](C)(C(C)C)C(C)C)c1. The van der Waals surface area contributed by atoms with Crippen LogP contribution >= 0.6 is 22.4 Å². The monoisotopic (exact) mass is 554 g/mol.